The average molecular weight is 740 g/mol. The third kappa shape index (κ3) is 4.72. The summed E-state index contributed by atoms with van der Waals surface area (Å²) in [5.41, 5.74) is 13.6. The number of nitrogens with zero attached hydrogens (tertiary/aromatic N) is 1. The summed E-state index contributed by atoms with van der Waals surface area (Å²) >= 11 is 0. The Hall–Kier alpha value is -7.42. The van der Waals surface area contributed by atoms with Crippen molar-refractivity contribution < 1.29 is 4.42 Å². The molecule has 0 unspecified atom stereocenters. The fourth-order valence-electron chi connectivity index (χ4n) is 9.97. The number of fused-ring (bicyclic) bond motifs is 12. The topological polar surface area (TPSA) is 16.4 Å². The van der Waals surface area contributed by atoms with Crippen molar-refractivity contribution in [3.63, 3.8) is 0 Å². The molecular formula is C56H37NO. The quantitative estimate of drug-likeness (QED) is 0.163. The van der Waals surface area contributed by atoms with E-state index in [1.54, 1.807) is 0 Å². The second-order valence-electron chi connectivity index (χ2n) is 15.7. The Morgan fingerprint density at radius 3 is 1.60 bits per heavy atom. The van der Waals surface area contributed by atoms with Crippen LogP contribution in [0.5, 0.6) is 0 Å². The van der Waals surface area contributed by atoms with Gasteiger partial charge in [-0.1, -0.05) is 158 Å². The van der Waals surface area contributed by atoms with Crippen molar-refractivity contribution in [3.05, 3.63) is 223 Å². The van der Waals surface area contributed by atoms with Gasteiger partial charge in [-0.15, -0.1) is 0 Å². The monoisotopic (exact) mass is 739 g/mol. The minimum Gasteiger partial charge on any atom is -0.456 e. The van der Waals surface area contributed by atoms with E-state index in [0.29, 0.717) is 0 Å². The summed E-state index contributed by atoms with van der Waals surface area (Å²) in [7, 11) is 0. The van der Waals surface area contributed by atoms with Gasteiger partial charge in [0.2, 0.25) is 0 Å². The summed E-state index contributed by atoms with van der Waals surface area (Å²) < 4.78 is 6.73. The predicted molar refractivity (Wildman–Crippen MR) is 244 cm³/mol. The molecule has 1 aliphatic rings. The standard InChI is InChI=1S/C56H37NO/c1-56(50-22-11-9-20-46(50)47-21-10-12-23-51(47)56)38-28-33-53-49(34-38)55-52(24-13-25-54(55)58-53)57(39-29-26-37(27-30-39)36-14-3-2-4-15-36)40-31-32-45-43-18-6-5-16-41(43)42-17-7-8-19-44(42)48(45)35-40/h2-35H,1H3. The van der Waals surface area contributed by atoms with Gasteiger partial charge >= 0.3 is 0 Å². The van der Waals surface area contributed by atoms with Crippen molar-refractivity contribution in [3.8, 4) is 22.3 Å². The summed E-state index contributed by atoms with van der Waals surface area (Å²) in [6.45, 7) is 2.38. The molecule has 58 heavy (non-hydrogen) atoms. The van der Waals surface area contributed by atoms with E-state index in [2.05, 4.69) is 218 Å². The highest BCUT2D eigenvalue weighted by atomic mass is 16.3. The Bertz CT molecular complexity index is 3330. The van der Waals surface area contributed by atoms with Gasteiger partial charge in [-0.2, -0.15) is 0 Å². The Labute approximate surface area is 336 Å². The molecule has 0 amide bonds. The lowest BCUT2D eigenvalue weighted by molar-refractivity contribution is 0.667. The van der Waals surface area contributed by atoms with Gasteiger partial charge in [0, 0.05) is 22.2 Å². The summed E-state index contributed by atoms with van der Waals surface area (Å²) in [5.74, 6) is 0. The summed E-state index contributed by atoms with van der Waals surface area (Å²) in [4.78, 5) is 2.42. The zero-order chi connectivity index (χ0) is 38.4. The van der Waals surface area contributed by atoms with Gasteiger partial charge in [-0.3, -0.25) is 0 Å². The first kappa shape index (κ1) is 32.8. The largest absolute Gasteiger partial charge is 0.456 e. The predicted octanol–water partition coefficient (Wildman–Crippen LogP) is 15.5. The number of hydrogen-bond donors (Lipinski definition) is 0. The van der Waals surface area contributed by atoms with Crippen LogP contribution in [0.15, 0.2) is 211 Å². The van der Waals surface area contributed by atoms with E-state index < -0.39 is 0 Å². The van der Waals surface area contributed by atoms with Crippen LogP contribution in [0.4, 0.5) is 17.1 Å². The smallest absolute Gasteiger partial charge is 0.137 e. The molecule has 12 rings (SSSR count). The molecule has 11 aromatic rings. The third-order valence-corrected chi connectivity index (χ3v) is 12.7. The molecule has 10 aromatic carbocycles. The molecule has 272 valence electrons. The van der Waals surface area contributed by atoms with E-state index in [1.165, 1.54) is 71.3 Å². The van der Waals surface area contributed by atoms with Gasteiger partial charge in [-0.05, 0) is 127 Å². The minimum absolute atomic E-state index is 0.324. The van der Waals surface area contributed by atoms with Crippen molar-refractivity contribution in [2.24, 2.45) is 0 Å². The second-order valence-corrected chi connectivity index (χ2v) is 15.7. The zero-order valence-electron chi connectivity index (χ0n) is 32.0. The van der Waals surface area contributed by atoms with E-state index in [4.69, 9.17) is 4.42 Å². The average Bonchev–Trinajstić information content (AvgIpc) is 3.80. The third-order valence-electron chi connectivity index (χ3n) is 12.7. The lowest BCUT2D eigenvalue weighted by Gasteiger charge is -2.29. The van der Waals surface area contributed by atoms with E-state index in [1.807, 2.05) is 0 Å². The number of furan rings is 1. The first-order valence-corrected chi connectivity index (χ1v) is 20.1. The normalized spacial score (nSPS) is 13.1. The maximum atomic E-state index is 6.73. The molecule has 0 radical (unpaired) electrons. The molecule has 0 spiro atoms. The lowest BCUT2D eigenvalue weighted by atomic mass is 9.74. The van der Waals surface area contributed by atoms with E-state index in [-0.39, 0.29) is 5.41 Å². The van der Waals surface area contributed by atoms with Crippen LogP contribution in [0.25, 0.3) is 76.5 Å². The molecule has 1 aromatic heterocycles. The van der Waals surface area contributed by atoms with Gasteiger partial charge in [0.1, 0.15) is 11.2 Å². The Balaban J connectivity index is 1.11. The Morgan fingerprint density at radius 1 is 0.379 bits per heavy atom. The number of rotatable bonds is 5. The second kappa shape index (κ2) is 12.5. The fourth-order valence-corrected chi connectivity index (χ4v) is 9.97. The van der Waals surface area contributed by atoms with Gasteiger partial charge in [0.15, 0.2) is 0 Å². The van der Waals surface area contributed by atoms with Crippen LogP contribution < -0.4 is 4.90 Å². The number of hydrogen-bond acceptors (Lipinski definition) is 2. The van der Waals surface area contributed by atoms with E-state index >= 15 is 0 Å². The molecule has 1 heterocycles. The zero-order valence-corrected chi connectivity index (χ0v) is 32.0. The first-order valence-electron chi connectivity index (χ1n) is 20.1. The van der Waals surface area contributed by atoms with Gasteiger partial charge in [-0.25, -0.2) is 0 Å². The highest BCUT2D eigenvalue weighted by Gasteiger charge is 2.40. The van der Waals surface area contributed by atoms with Crippen LogP contribution in [-0.4, -0.2) is 0 Å². The summed E-state index contributed by atoms with van der Waals surface area (Å²) in [5, 5.41) is 9.74. The molecule has 0 fully saturated rings. The molecule has 0 saturated heterocycles. The maximum Gasteiger partial charge on any atom is 0.137 e. The molecule has 0 aliphatic heterocycles. The van der Waals surface area contributed by atoms with Crippen LogP contribution in [-0.2, 0) is 5.41 Å². The summed E-state index contributed by atoms with van der Waals surface area (Å²) in [6.07, 6.45) is 0. The summed E-state index contributed by atoms with van der Waals surface area (Å²) in [6, 6.07) is 75.3. The molecule has 0 bridgehead atoms. The van der Waals surface area contributed by atoms with Crippen molar-refractivity contribution in [1.29, 1.82) is 0 Å². The van der Waals surface area contributed by atoms with E-state index in [0.717, 1.165) is 39.0 Å². The SMILES string of the molecule is CC1(c2ccc3oc4cccc(N(c5ccc(-c6ccccc6)cc5)c5ccc6c7ccccc7c7ccccc7c6c5)c4c3c2)c2ccccc2-c2ccccc21. The van der Waals surface area contributed by atoms with Crippen molar-refractivity contribution in [2.45, 2.75) is 12.3 Å². The lowest BCUT2D eigenvalue weighted by Crippen LogP contribution is -2.22. The highest BCUT2D eigenvalue weighted by molar-refractivity contribution is 6.26. The van der Waals surface area contributed by atoms with Crippen LogP contribution in [0.3, 0.4) is 0 Å². The van der Waals surface area contributed by atoms with E-state index in [9.17, 15) is 0 Å². The maximum absolute atomic E-state index is 6.73. The molecule has 1 aliphatic carbocycles. The highest BCUT2D eigenvalue weighted by Crippen LogP contribution is 2.53. The fraction of sp³-hybridized carbons (Fsp3) is 0.0357. The van der Waals surface area contributed by atoms with Crippen molar-refractivity contribution >= 4 is 71.3 Å². The van der Waals surface area contributed by atoms with Gasteiger partial charge < -0.3 is 9.32 Å². The van der Waals surface area contributed by atoms with Gasteiger partial charge in [0.05, 0.1) is 11.1 Å². The Morgan fingerprint density at radius 2 is 0.931 bits per heavy atom. The van der Waals surface area contributed by atoms with Crippen molar-refractivity contribution in [2.75, 3.05) is 4.90 Å². The first-order chi connectivity index (χ1) is 28.6. The van der Waals surface area contributed by atoms with Crippen LogP contribution in [0.2, 0.25) is 0 Å². The minimum atomic E-state index is -0.324. The molecular weight excluding hydrogens is 703 g/mol. The molecule has 2 heteroatoms. The molecule has 2 nitrogen and oxygen atoms in total. The van der Waals surface area contributed by atoms with Crippen molar-refractivity contribution in [1.82, 2.24) is 0 Å². The molecule has 0 atom stereocenters. The van der Waals surface area contributed by atoms with Crippen LogP contribution >= 0.6 is 0 Å². The Kier molecular flexibility index (Phi) is 7.09. The van der Waals surface area contributed by atoms with Crippen LogP contribution in [0.1, 0.15) is 23.6 Å². The molecule has 0 N–H and O–H groups in total. The van der Waals surface area contributed by atoms with Crippen LogP contribution in [0, 0.1) is 0 Å². The van der Waals surface area contributed by atoms with Gasteiger partial charge in [0.25, 0.3) is 0 Å². The molecule has 0 saturated carbocycles. The number of benzene rings is 10. The number of anilines is 3.